The first kappa shape index (κ1) is 18.1. The second-order valence-corrected chi connectivity index (χ2v) is 6.70. The van der Waals surface area contributed by atoms with E-state index in [1.54, 1.807) is 23.7 Å². The monoisotopic (exact) mass is 316 g/mol. The highest BCUT2D eigenvalue weighted by Crippen LogP contribution is 2.26. The molecular formula is C15H28N2O3S. The molecule has 21 heavy (non-hydrogen) atoms. The zero-order valence-corrected chi connectivity index (χ0v) is 14.1. The van der Waals surface area contributed by atoms with Crippen molar-refractivity contribution < 1.29 is 14.7 Å². The number of rotatable bonds is 7. The Labute approximate surface area is 131 Å². The molecule has 2 amide bonds. The molecule has 0 aromatic rings. The fourth-order valence-corrected chi connectivity index (χ4v) is 3.79. The molecule has 1 saturated carbocycles. The maximum atomic E-state index is 12.3. The molecule has 0 radical (unpaired) electrons. The molecule has 1 aliphatic carbocycles. The lowest BCUT2D eigenvalue weighted by Gasteiger charge is -2.32. The third-order valence-corrected chi connectivity index (χ3v) is 5.08. The molecule has 6 heteroatoms. The number of thioether (sulfide) groups is 1. The predicted molar refractivity (Wildman–Crippen MR) is 86.8 cm³/mol. The number of carbonyl (C=O) groups is 2. The molecule has 2 unspecified atom stereocenters. The van der Waals surface area contributed by atoms with Crippen LogP contribution < -0.4 is 5.32 Å². The van der Waals surface area contributed by atoms with Gasteiger partial charge in [0.2, 0.25) is 0 Å². The molecule has 0 aliphatic heterocycles. The third kappa shape index (κ3) is 5.41. The second kappa shape index (κ2) is 9.18. The van der Waals surface area contributed by atoms with E-state index in [0.29, 0.717) is 0 Å². The fraction of sp³-hybridized carbons (Fsp3) is 0.867. The minimum Gasteiger partial charge on any atom is -0.480 e. The number of nitrogens with zero attached hydrogens (tertiary/aromatic N) is 1. The average molecular weight is 316 g/mol. The van der Waals surface area contributed by atoms with Crippen molar-refractivity contribution in [2.45, 2.75) is 57.5 Å². The Balaban J connectivity index is 2.64. The van der Waals surface area contributed by atoms with Gasteiger partial charge < -0.3 is 15.3 Å². The molecule has 2 N–H and O–H groups in total. The van der Waals surface area contributed by atoms with Crippen LogP contribution in [0.15, 0.2) is 0 Å². The Morgan fingerprint density at radius 3 is 2.43 bits per heavy atom. The third-order valence-electron chi connectivity index (χ3n) is 4.36. The van der Waals surface area contributed by atoms with Gasteiger partial charge in [0.15, 0.2) is 0 Å². The van der Waals surface area contributed by atoms with E-state index in [0.717, 1.165) is 37.9 Å². The minimum atomic E-state index is -0.915. The zero-order valence-electron chi connectivity index (χ0n) is 13.3. The van der Waals surface area contributed by atoms with Gasteiger partial charge in [-0.1, -0.05) is 26.2 Å². The van der Waals surface area contributed by atoms with Gasteiger partial charge in [0.1, 0.15) is 6.04 Å². The van der Waals surface area contributed by atoms with E-state index in [-0.39, 0.29) is 18.0 Å². The lowest BCUT2D eigenvalue weighted by atomic mass is 9.84. The first-order valence-electron chi connectivity index (χ1n) is 7.76. The molecule has 122 valence electrons. The summed E-state index contributed by atoms with van der Waals surface area (Å²) in [7, 11) is 1.75. The highest BCUT2D eigenvalue weighted by molar-refractivity contribution is 7.98. The van der Waals surface area contributed by atoms with Gasteiger partial charge in [-0.05, 0) is 31.4 Å². The predicted octanol–water partition coefficient (Wildman–Crippen LogP) is 2.80. The Hall–Kier alpha value is -0.910. The fourth-order valence-electron chi connectivity index (χ4n) is 2.95. The molecule has 1 rings (SSSR count). The van der Waals surface area contributed by atoms with Crippen LogP contribution in [0, 0.1) is 5.92 Å². The summed E-state index contributed by atoms with van der Waals surface area (Å²) < 4.78 is 0. The van der Waals surface area contributed by atoms with Crippen LogP contribution in [0.25, 0.3) is 0 Å². The van der Waals surface area contributed by atoms with Gasteiger partial charge in [-0.25, -0.2) is 9.59 Å². The van der Waals surface area contributed by atoms with Crippen LogP contribution in [-0.4, -0.2) is 53.1 Å². The van der Waals surface area contributed by atoms with E-state index in [4.69, 9.17) is 0 Å². The highest BCUT2D eigenvalue weighted by atomic mass is 32.2. The van der Waals surface area contributed by atoms with E-state index < -0.39 is 12.0 Å². The maximum absolute atomic E-state index is 12.3. The summed E-state index contributed by atoms with van der Waals surface area (Å²) in [5, 5.41) is 12.2. The Morgan fingerprint density at radius 2 is 1.95 bits per heavy atom. The summed E-state index contributed by atoms with van der Waals surface area (Å²) in [4.78, 5) is 25.5. The van der Waals surface area contributed by atoms with Crippen LogP contribution in [0.4, 0.5) is 4.79 Å². The van der Waals surface area contributed by atoms with E-state index in [2.05, 4.69) is 5.32 Å². The number of nitrogens with one attached hydrogen (secondary N) is 1. The largest absolute Gasteiger partial charge is 0.480 e. The first-order chi connectivity index (χ1) is 10.0. The summed E-state index contributed by atoms with van der Waals surface area (Å²) >= 11 is 1.70. The number of hydrogen-bond acceptors (Lipinski definition) is 3. The van der Waals surface area contributed by atoms with Crippen molar-refractivity contribution >= 4 is 23.8 Å². The van der Waals surface area contributed by atoms with Gasteiger partial charge in [-0.15, -0.1) is 0 Å². The SMILES string of the molecule is CCC(CSC)N(C)C(=O)NC(C(=O)O)C1CCCCC1. The Bertz CT molecular complexity index is 346. The number of amides is 2. The molecule has 0 heterocycles. The van der Waals surface area contributed by atoms with Crippen molar-refractivity contribution in [1.29, 1.82) is 0 Å². The van der Waals surface area contributed by atoms with Gasteiger partial charge in [0, 0.05) is 18.8 Å². The quantitative estimate of drug-likeness (QED) is 0.758. The second-order valence-electron chi connectivity index (χ2n) is 5.79. The molecule has 5 nitrogen and oxygen atoms in total. The maximum Gasteiger partial charge on any atom is 0.326 e. The normalized spacial score (nSPS) is 18.8. The van der Waals surface area contributed by atoms with E-state index in [9.17, 15) is 14.7 Å². The summed E-state index contributed by atoms with van der Waals surface area (Å²) in [6, 6.07) is -0.887. The molecule has 0 aromatic heterocycles. The first-order valence-corrected chi connectivity index (χ1v) is 9.15. The van der Waals surface area contributed by atoms with Gasteiger partial charge >= 0.3 is 12.0 Å². The van der Waals surface area contributed by atoms with Crippen LogP contribution >= 0.6 is 11.8 Å². The van der Waals surface area contributed by atoms with Crippen LogP contribution in [-0.2, 0) is 4.79 Å². The highest BCUT2D eigenvalue weighted by Gasteiger charge is 2.32. The number of urea groups is 1. The molecule has 0 saturated heterocycles. The summed E-state index contributed by atoms with van der Waals surface area (Å²) in [5.41, 5.74) is 0. The molecule has 2 atom stereocenters. The number of aliphatic carboxylic acids is 1. The number of carboxylic acid groups (broad SMARTS) is 1. The standard InChI is InChI=1S/C15H28N2O3S/c1-4-12(10-21-3)17(2)15(20)16-13(14(18)19)11-8-6-5-7-9-11/h11-13H,4-10H2,1-3H3,(H,16,20)(H,18,19). The van der Waals surface area contributed by atoms with E-state index >= 15 is 0 Å². The number of carbonyl (C=O) groups excluding carboxylic acids is 1. The van der Waals surface area contributed by atoms with Crippen molar-refractivity contribution in [3.8, 4) is 0 Å². The molecule has 0 spiro atoms. The van der Waals surface area contributed by atoms with Crippen molar-refractivity contribution in [3.63, 3.8) is 0 Å². The van der Waals surface area contributed by atoms with Crippen molar-refractivity contribution in [3.05, 3.63) is 0 Å². The van der Waals surface area contributed by atoms with E-state index in [1.807, 2.05) is 13.2 Å². The van der Waals surface area contributed by atoms with E-state index in [1.165, 1.54) is 6.42 Å². The van der Waals surface area contributed by atoms with Gasteiger partial charge in [-0.2, -0.15) is 11.8 Å². The Kier molecular flexibility index (Phi) is 7.93. The van der Waals surface area contributed by atoms with Gasteiger partial charge in [0.25, 0.3) is 0 Å². The van der Waals surface area contributed by atoms with Crippen molar-refractivity contribution in [1.82, 2.24) is 10.2 Å². The summed E-state index contributed by atoms with van der Waals surface area (Å²) in [5.74, 6) is 0.0116. The van der Waals surface area contributed by atoms with Crippen molar-refractivity contribution in [2.75, 3.05) is 19.1 Å². The minimum absolute atomic E-state index is 0.0641. The molecular weight excluding hydrogens is 288 g/mol. The lowest BCUT2D eigenvalue weighted by molar-refractivity contribution is -0.141. The number of hydrogen-bond donors (Lipinski definition) is 2. The van der Waals surface area contributed by atoms with Gasteiger partial charge in [-0.3, -0.25) is 0 Å². The van der Waals surface area contributed by atoms with Crippen LogP contribution in [0.5, 0.6) is 0 Å². The number of carboxylic acids is 1. The topological polar surface area (TPSA) is 69.6 Å². The van der Waals surface area contributed by atoms with Crippen molar-refractivity contribution in [2.24, 2.45) is 5.92 Å². The molecule has 1 aliphatic rings. The zero-order chi connectivity index (χ0) is 15.8. The summed E-state index contributed by atoms with van der Waals surface area (Å²) in [6.45, 7) is 2.04. The van der Waals surface area contributed by atoms with Gasteiger partial charge in [0.05, 0.1) is 0 Å². The molecule has 0 bridgehead atoms. The van der Waals surface area contributed by atoms with Crippen LogP contribution in [0.3, 0.4) is 0 Å². The smallest absolute Gasteiger partial charge is 0.326 e. The average Bonchev–Trinajstić information content (AvgIpc) is 2.49. The summed E-state index contributed by atoms with van der Waals surface area (Å²) in [6.07, 6.45) is 7.95. The lowest BCUT2D eigenvalue weighted by Crippen LogP contribution is -2.53. The Morgan fingerprint density at radius 1 is 1.33 bits per heavy atom. The van der Waals surface area contributed by atoms with Crippen LogP contribution in [0.2, 0.25) is 0 Å². The molecule has 1 fully saturated rings. The molecule has 0 aromatic carbocycles. The van der Waals surface area contributed by atoms with Crippen LogP contribution in [0.1, 0.15) is 45.4 Å².